The van der Waals surface area contributed by atoms with Crippen molar-refractivity contribution in [1.29, 1.82) is 0 Å². The maximum Gasteiger partial charge on any atom is 0.140 e. The zero-order chi connectivity index (χ0) is 18.4. The summed E-state index contributed by atoms with van der Waals surface area (Å²) in [5.74, 6) is 1.23. The highest BCUT2D eigenvalue weighted by Crippen LogP contribution is 2.47. The molecule has 0 bridgehead atoms. The topological polar surface area (TPSA) is 38.0 Å². The molecular formula is C24H34N2O. The normalized spacial score (nSPS) is 31.3. The third-order valence-corrected chi connectivity index (χ3v) is 7.81. The number of hydrogen-bond donors (Lipinski definition) is 1. The minimum atomic E-state index is -0.540. The molecular weight excluding hydrogens is 332 g/mol. The van der Waals surface area contributed by atoms with Gasteiger partial charge in [-0.15, -0.1) is 0 Å². The van der Waals surface area contributed by atoms with Crippen LogP contribution in [-0.2, 0) is 19.4 Å². The Bertz CT molecular complexity index is 837. The van der Waals surface area contributed by atoms with Crippen LogP contribution in [0.5, 0.6) is 0 Å². The molecule has 3 nitrogen and oxygen atoms in total. The third-order valence-electron chi connectivity index (χ3n) is 7.81. The van der Waals surface area contributed by atoms with Gasteiger partial charge in [-0.1, -0.05) is 32.1 Å². The SMILES string of the molecule is Cc1cnc2c(c1)c1c(n2CC2(O)CCCC3CCCCC32)CCCCC1. The van der Waals surface area contributed by atoms with Crippen LogP contribution in [0.1, 0.15) is 81.0 Å². The average Bonchev–Trinajstić information content (AvgIpc) is 2.83. The van der Waals surface area contributed by atoms with Gasteiger partial charge in [0.15, 0.2) is 0 Å². The summed E-state index contributed by atoms with van der Waals surface area (Å²) in [7, 11) is 0. The van der Waals surface area contributed by atoms with Gasteiger partial charge < -0.3 is 9.67 Å². The lowest BCUT2D eigenvalue weighted by atomic mass is 9.63. The lowest BCUT2D eigenvalue weighted by Gasteiger charge is -2.47. The molecule has 3 heteroatoms. The molecule has 2 fully saturated rings. The van der Waals surface area contributed by atoms with Crippen LogP contribution in [0.15, 0.2) is 12.3 Å². The molecule has 2 aromatic heterocycles. The highest BCUT2D eigenvalue weighted by molar-refractivity contribution is 5.83. The van der Waals surface area contributed by atoms with Crippen molar-refractivity contribution >= 4 is 11.0 Å². The lowest BCUT2D eigenvalue weighted by molar-refractivity contribution is -0.0984. The highest BCUT2D eigenvalue weighted by Gasteiger charge is 2.45. The maximum absolute atomic E-state index is 11.9. The molecule has 0 aromatic carbocycles. The number of pyridine rings is 1. The Balaban J connectivity index is 1.59. The Morgan fingerprint density at radius 2 is 1.89 bits per heavy atom. The van der Waals surface area contributed by atoms with Gasteiger partial charge >= 0.3 is 0 Å². The molecule has 0 radical (unpaired) electrons. The van der Waals surface area contributed by atoms with E-state index in [1.165, 1.54) is 86.4 Å². The Morgan fingerprint density at radius 1 is 1.07 bits per heavy atom. The zero-order valence-electron chi connectivity index (χ0n) is 16.8. The van der Waals surface area contributed by atoms with Crippen molar-refractivity contribution < 1.29 is 5.11 Å². The summed E-state index contributed by atoms with van der Waals surface area (Å²) in [5.41, 5.74) is 4.83. The van der Waals surface area contributed by atoms with Crippen molar-refractivity contribution in [3.8, 4) is 0 Å². The number of hydrogen-bond acceptors (Lipinski definition) is 2. The summed E-state index contributed by atoms with van der Waals surface area (Å²) in [6, 6.07) is 2.33. The molecule has 3 aliphatic carbocycles. The molecule has 0 saturated heterocycles. The molecule has 2 heterocycles. The highest BCUT2D eigenvalue weighted by atomic mass is 16.3. The number of aryl methyl sites for hydroxylation is 2. The summed E-state index contributed by atoms with van der Waals surface area (Å²) >= 11 is 0. The average molecular weight is 367 g/mol. The van der Waals surface area contributed by atoms with E-state index in [0.717, 1.165) is 31.0 Å². The van der Waals surface area contributed by atoms with Gasteiger partial charge in [0.2, 0.25) is 0 Å². The van der Waals surface area contributed by atoms with Gasteiger partial charge in [-0.2, -0.15) is 0 Å². The van der Waals surface area contributed by atoms with Crippen LogP contribution in [0, 0.1) is 18.8 Å². The largest absolute Gasteiger partial charge is 0.388 e. The first-order chi connectivity index (χ1) is 13.2. The van der Waals surface area contributed by atoms with Crippen LogP contribution in [-0.4, -0.2) is 20.3 Å². The molecule has 2 saturated carbocycles. The van der Waals surface area contributed by atoms with E-state index >= 15 is 0 Å². The fraction of sp³-hybridized carbons (Fsp3) is 0.708. The van der Waals surface area contributed by atoms with E-state index in [-0.39, 0.29) is 0 Å². The molecule has 27 heavy (non-hydrogen) atoms. The van der Waals surface area contributed by atoms with Crippen molar-refractivity contribution in [2.45, 2.75) is 96.1 Å². The van der Waals surface area contributed by atoms with Crippen molar-refractivity contribution in [2.75, 3.05) is 0 Å². The molecule has 0 spiro atoms. The van der Waals surface area contributed by atoms with Crippen molar-refractivity contribution in [2.24, 2.45) is 11.8 Å². The summed E-state index contributed by atoms with van der Waals surface area (Å²) in [6.45, 7) is 2.91. The van der Waals surface area contributed by atoms with Crippen molar-refractivity contribution in [3.63, 3.8) is 0 Å². The quantitative estimate of drug-likeness (QED) is 0.729. The first kappa shape index (κ1) is 17.7. The van der Waals surface area contributed by atoms with E-state index in [1.807, 2.05) is 6.20 Å². The first-order valence-corrected chi connectivity index (χ1v) is 11.3. The second-order valence-corrected chi connectivity index (χ2v) is 9.60. The molecule has 3 aliphatic rings. The fourth-order valence-electron chi connectivity index (χ4n) is 6.54. The monoisotopic (exact) mass is 366 g/mol. The van der Waals surface area contributed by atoms with Crippen molar-refractivity contribution in [1.82, 2.24) is 9.55 Å². The molecule has 3 atom stereocenters. The molecule has 1 N–H and O–H groups in total. The minimum absolute atomic E-state index is 0.490. The van der Waals surface area contributed by atoms with E-state index in [4.69, 9.17) is 4.98 Å². The van der Waals surface area contributed by atoms with Crippen LogP contribution in [0.3, 0.4) is 0 Å². The first-order valence-electron chi connectivity index (χ1n) is 11.3. The Hall–Kier alpha value is -1.35. The van der Waals surface area contributed by atoms with Crippen LogP contribution >= 0.6 is 0 Å². The summed E-state index contributed by atoms with van der Waals surface area (Å²) < 4.78 is 2.45. The van der Waals surface area contributed by atoms with E-state index in [0.29, 0.717) is 5.92 Å². The smallest absolute Gasteiger partial charge is 0.140 e. The third kappa shape index (κ3) is 3.03. The van der Waals surface area contributed by atoms with Gasteiger partial charge in [0.25, 0.3) is 0 Å². The number of nitrogens with zero attached hydrogens (tertiary/aromatic N) is 2. The summed E-state index contributed by atoms with van der Waals surface area (Å²) in [6.07, 6.45) is 16.9. The van der Waals surface area contributed by atoms with E-state index in [9.17, 15) is 5.11 Å². The van der Waals surface area contributed by atoms with Gasteiger partial charge in [-0.25, -0.2) is 4.98 Å². The molecule has 146 valence electrons. The van der Waals surface area contributed by atoms with Gasteiger partial charge in [0, 0.05) is 17.3 Å². The van der Waals surface area contributed by atoms with Crippen LogP contribution < -0.4 is 0 Å². The minimum Gasteiger partial charge on any atom is -0.388 e. The maximum atomic E-state index is 11.9. The predicted molar refractivity (Wildman–Crippen MR) is 110 cm³/mol. The van der Waals surface area contributed by atoms with Gasteiger partial charge in [-0.05, 0) is 80.9 Å². The fourth-order valence-corrected chi connectivity index (χ4v) is 6.54. The molecule has 3 unspecified atom stereocenters. The van der Waals surface area contributed by atoms with E-state index in [1.54, 1.807) is 0 Å². The van der Waals surface area contributed by atoms with Crippen LogP contribution in [0.2, 0.25) is 0 Å². The number of fused-ring (bicyclic) bond motifs is 4. The molecule has 2 aromatic rings. The number of aromatic nitrogens is 2. The Labute approximate surface area is 163 Å². The van der Waals surface area contributed by atoms with E-state index in [2.05, 4.69) is 17.6 Å². The van der Waals surface area contributed by atoms with Gasteiger partial charge in [0.05, 0.1) is 12.1 Å². The van der Waals surface area contributed by atoms with Crippen LogP contribution in [0.25, 0.3) is 11.0 Å². The molecule has 0 aliphatic heterocycles. The zero-order valence-corrected chi connectivity index (χ0v) is 16.8. The van der Waals surface area contributed by atoms with Crippen molar-refractivity contribution in [3.05, 3.63) is 29.1 Å². The standard InChI is InChI=1S/C24H34N2O/c1-17-14-20-19-10-3-2-4-12-22(19)26(23(20)25-15-17)16-24(27)13-7-9-18-8-5-6-11-21(18)24/h14-15,18,21,27H,2-13,16H2,1H3. The Morgan fingerprint density at radius 3 is 2.81 bits per heavy atom. The van der Waals surface area contributed by atoms with Crippen LogP contribution in [0.4, 0.5) is 0 Å². The summed E-state index contributed by atoms with van der Waals surface area (Å²) in [5, 5.41) is 13.2. The van der Waals surface area contributed by atoms with Gasteiger partial charge in [-0.3, -0.25) is 0 Å². The predicted octanol–water partition coefficient (Wildman–Crippen LogP) is 5.34. The molecule has 0 amide bonds. The second kappa shape index (κ2) is 6.92. The summed E-state index contributed by atoms with van der Waals surface area (Å²) in [4.78, 5) is 4.87. The lowest BCUT2D eigenvalue weighted by Crippen LogP contribution is -2.49. The number of rotatable bonds is 2. The molecule has 5 rings (SSSR count). The van der Waals surface area contributed by atoms with E-state index < -0.39 is 5.60 Å². The van der Waals surface area contributed by atoms with Gasteiger partial charge in [0.1, 0.15) is 5.65 Å². The number of aliphatic hydroxyl groups is 1. The Kier molecular flexibility index (Phi) is 4.54. The second-order valence-electron chi connectivity index (χ2n) is 9.60.